The first-order chi connectivity index (χ1) is 3.41. The third-order valence-corrected chi connectivity index (χ3v) is 1.21. The Morgan fingerprint density at radius 1 is 0.750 bits per heavy atom. The summed E-state index contributed by atoms with van der Waals surface area (Å²) >= 11 is 0. The van der Waals surface area contributed by atoms with Crippen molar-refractivity contribution in [2.24, 2.45) is 0 Å². The molecule has 0 aromatic carbocycles. The van der Waals surface area contributed by atoms with Crippen molar-refractivity contribution in [2.75, 3.05) is 0 Å². The molecule has 0 fully saturated rings. The molecule has 0 aromatic heterocycles. The molecular weight excluding hydrogens is 159 g/mol. The summed E-state index contributed by atoms with van der Waals surface area (Å²) in [5.41, 5.74) is 0. The van der Waals surface area contributed by atoms with Crippen LogP contribution in [-0.2, 0) is 0 Å². The molecule has 0 aliphatic rings. The van der Waals surface area contributed by atoms with Gasteiger partial charge < -0.3 is 0 Å². The molecule has 0 saturated heterocycles. The molecule has 0 N–H and O–H groups in total. The average Bonchev–Trinajstić information content (AvgIpc) is 1.69. The van der Waals surface area contributed by atoms with E-state index in [-0.39, 0.29) is 18.0 Å². The van der Waals surface area contributed by atoms with Crippen molar-refractivity contribution in [1.29, 1.82) is 0 Å². The van der Waals surface area contributed by atoms with Crippen LogP contribution in [0.25, 0.3) is 0 Å². The van der Waals surface area contributed by atoms with Crippen molar-refractivity contribution in [3.8, 4) is 0 Å². The minimum absolute atomic E-state index is 0. The van der Waals surface area contributed by atoms with Crippen molar-refractivity contribution < 1.29 is 0 Å². The molecule has 0 unspecified atom stereocenters. The van der Waals surface area contributed by atoms with E-state index in [1.54, 1.807) is 0 Å². The van der Waals surface area contributed by atoms with Crippen molar-refractivity contribution in [3.05, 3.63) is 0 Å². The fraction of sp³-hybridized carbons (Fsp3) is 1.00. The van der Waals surface area contributed by atoms with Crippen molar-refractivity contribution >= 4 is 18.0 Å². The van der Waals surface area contributed by atoms with Gasteiger partial charge in [-0.2, -0.15) is 0 Å². The Hall–Kier alpha value is 0.558. The van der Waals surface area contributed by atoms with Gasteiger partial charge in [-0.25, -0.2) is 0 Å². The van der Waals surface area contributed by atoms with Crippen LogP contribution in [0.5, 0.6) is 0 Å². The maximum Gasteiger partial charge on any atom is 0 e. The Labute approximate surface area is 64.4 Å². The molecule has 49 valence electrons. The van der Waals surface area contributed by atoms with Crippen LogP contribution in [0.1, 0.15) is 46.0 Å². The third-order valence-electron chi connectivity index (χ3n) is 1.21. The molecule has 0 aliphatic heterocycles. The Morgan fingerprint density at radius 2 is 1.12 bits per heavy atom. The maximum absolute atomic E-state index is 2.25. The zero-order chi connectivity index (χ0) is 5.54. The summed E-state index contributed by atoms with van der Waals surface area (Å²) in [6.07, 6.45) is 7.01. The molecule has 0 saturated carbocycles. The molecule has 0 amide bonds. The van der Waals surface area contributed by atoms with Gasteiger partial charge in [0.1, 0.15) is 0 Å². The largest absolute Gasteiger partial charge is 0.0654 e. The molecule has 0 aromatic rings. The summed E-state index contributed by atoms with van der Waals surface area (Å²) in [7, 11) is 0. The zero-order valence-corrected chi connectivity index (χ0v) is 7.86. The van der Waals surface area contributed by atoms with E-state index in [4.69, 9.17) is 0 Å². The molecular formula is C7H16As. The van der Waals surface area contributed by atoms with Crippen molar-refractivity contribution in [3.63, 3.8) is 0 Å². The van der Waals surface area contributed by atoms with Gasteiger partial charge >= 0.3 is 0 Å². The smallest absolute Gasteiger partial charge is 0 e. The van der Waals surface area contributed by atoms with Gasteiger partial charge in [-0.05, 0) is 0 Å². The molecule has 0 heterocycles. The SMILES string of the molecule is CCCCCCC.[As]. The minimum atomic E-state index is 0. The van der Waals surface area contributed by atoms with E-state index in [9.17, 15) is 0 Å². The summed E-state index contributed by atoms with van der Waals surface area (Å²) in [6, 6.07) is 0. The van der Waals surface area contributed by atoms with Crippen LogP contribution in [0.2, 0.25) is 0 Å². The van der Waals surface area contributed by atoms with Gasteiger partial charge in [-0.1, -0.05) is 46.0 Å². The van der Waals surface area contributed by atoms with E-state index in [1.165, 1.54) is 32.1 Å². The topological polar surface area (TPSA) is 0 Å². The quantitative estimate of drug-likeness (QED) is 0.455. The van der Waals surface area contributed by atoms with Crippen LogP contribution in [0, 0.1) is 0 Å². The first-order valence-corrected chi connectivity index (χ1v) is 3.41. The number of hydrogen-bond donors (Lipinski definition) is 0. The average molecular weight is 175 g/mol. The molecule has 0 atom stereocenters. The van der Waals surface area contributed by atoms with Crippen LogP contribution in [-0.4, -0.2) is 18.0 Å². The summed E-state index contributed by atoms with van der Waals surface area (Å²) in [5, 5.41) is 0. The maximum atomic E-state index is 2.25. The first-order valence-electron chi connectivity index (χ1n) is 3.41. The first kappa shape index (κ1) is 11.4. The summed E-state index contributed by atoms with van der Waals surface area (Å²) in [5.74, 6) is 0. The van der Waals surface area contributed by atoms with Crippen LogP contribution < -0.4 is 0 Å². The molecule has 0 spiro atoms. The van der Waals surface area contributed by atoms with Crippen LogP contribution in [0.4, 0.5) is 0 Å². The Bertz CT molecular complexity index is 23.6. The molecule has 3 radical (unpaired) electrons. The van der Waals surface area contributed by atoms with Crippen molar-refractivity contribution in [1.82, 2.24) is 0 Å². The Kier molecular flexibility index (Phi) is 15.0. The van der Waals surface area contributed by atoms with Gasteiger partial charge in [0.2, 0.25) is 0 Å². The standard InChI is InChI=1S/C7H16.As/c1-3-5-7-6-4-2;/h3-7H2,1-2H3;. The number of unbranched alkanes of at least 4 members (excludes halogenated alkanes) is 4. The van der Waals surface area contributed by atoms with E-state index in [0.29, 0.717) is 0 Å². The van der Waals surface area contributed by atoms with E-state index in [2.05, 4.69) is 13.8 Å². The molecule has 0 bridgehead atoms. The molecule has 1 heteroatoms. The molecule has 8 heavy (non-hydrogen) atoms. The van der Waals surface area contributed by atoms with E-state index < -0.39 is 0 Å². The second-order valence-electron chi connectivity index (χ2n) is 2.06. The molecule has 0 rings (SSSR count). The fourth-order valence-corrected chi connectivity index (χ4v) is 0.677. The van der Waals surface area contributed by atoms with Crippen molar-refractivity contribution in [2.45, 2.75) is 46.0 Å². The third kappa shape index (κ3) is 9.75. The van der Waals surface area contributed by atoms with Crippen LogP contribution in [0.3, 0.4) is 0 Å². The second kappa shape index (κ2) is 10.5. The van der Waals surface area contributed by atoms with E-state index in [1.807, 2.05) is 0 Å². The summed E-state index contributed by atoms with van der Waals surface area (Å²) in [6.45, 7) is 4.49. The van der Waals surface area contributed by atoms with E-state index >= 15 is 0 Å². The van der Waals surface area contributed by atoms with E-state index in [0.717, 1.165) is 0 Å². The summed E-state index contributed by atoms with van der Waals surface area (Å²) in [4.78, 5) is 0. The predicted molar refractivity (Wildman–Crippen MR) is 40.2 cm³/mol. The minimum Gasteiger partial charge on any atom is -0.0654 e. The van der Waals surface area contributed by atoms with Gasteiger partial charge in [0.25, 0.3) is 0 Å². The summed E-state index contributed by atoms with van der Waals surface area (Å²) < 4.78 is 0. The van der Waals surface area contributed by atoms with Gasteiger partial charge in [0.05, 0.1) is 0 Å². The Balaban J connectivity index is 0. The number of hydrogen-bond acceptors (Lipinski definition) is 0. The van der Waals surface area contributed by atoms with Crippen LogP contribution in [0.15, 0.2) is 0 Å². The normalized spacial score (nSPS) is 8.25. The number of rotatable bonds is 4. The Morgan fingerprint density at radius 3 is 1.38 bits per heavy atom. The molecule has 0 nitrogen and oxygen atoms in total. The van der Waals surface area contributed by atoms with Gasteiger partial charge in [0, 0.05) is 18.0 Å². The second-order valence-corrected chi connectivity index (χ2v) is 2.06. The molecule has 0 aliphatic carbocycles. The van der Waals surface area contributed by atoms with Gasteiger partial charge in [-0.3, -0.25) is 0 Å². The van der Waals surface area contributed by atoms with Gasteiger partial charge in [-0.15, -0.1) is 0 Å². The predicted octanol–water partition coefficient (Wildman–Crippen LogP) is 2.60. The monoisotopic (exact) mass is 175 g/mol. The fourth-order valence-electron chi connectivity index (χ4n) is 0.677. The van der Waals surface area contributed by atoms with Crippen LogP contribution >= 0.6 is 0 Å². The van der Waals surface area contributed by atoms with Gasteiger partial charge in [0.15, 0.2) is 0 Å². The zero-order valence-electron chi connectivity index (χ0n) is 5.98.